The van der Waals surface area contributed by atoms with Gasteiger partial charge in [-0.25, -0.2) is 0 Å². The summed E-state index contributed by atoms with van der Waals surface area (Å²) in [6.07, 6.45) is 5.03. The summed E-state index contributed by atoms with van der Waals surface area (Å²) in [5.41, 5.74) is 0. The molecule has 0 N–H and O–H groups in total. The van der Waals surface area contributed by atoms with Crippen LogP contribution in [0.1, 0.15) is 72.6 Å². The minimum absolute atomic E-state index is 0.216. The molecule has 0 saturated carbocycles. The van der Waals surface area contributed by atoms with Crippen molar-refractivity contribution in [3.8, 4) is 0 Å². The van der Waals surface area contributed by atoms with Crippen molar-refractivity contribution in [2.45, 2.75) is 72.6 Å². The van der Waals surface area contributed by atoms with Crippen LogP contribution in [0.2, 0.25) is 0 Å². The number of carbonyl (C=O) groups is 2. The molecule has 0 aliphatic rings. The van der Waals surface area contributed by atoms with E-state index in [4.69, 9.17) is 9.47 Å². The summed E-state index contributed by atoms with van der Waals surface area (Å²) >= 11 is 0. The van der Waals surface area contributed by atoms with Crippen molar-refractivity contribution >= 4 is 11.9 Å². The fourth-order valence-electron chi connectivity index (χ4n) is 1.88. The fourth-order valence-corrected chi connectivity index (χ4v) is 1.88. The number of ether oxygens (including phenoxy) is 2. The van der Waals surface area contributed by atoms with Gasteiger partial charge in [-0.15, -0.1) is 0 Å². The summed E-state index contributed by atoms with van der Waals surface area (Å²) in [5, 5.41) is 0. The third-order valence-electron chi connectivity index (χ3n) is 3.14. The van der Waals surface area contributed by atoms with Crippen molar-refractivity contribution in [1.82, 2.24) is 0 Å². The van der Waals surface area contributed by atoms with Crippen LogP contribution in [0.25, 0.3) is 0 Å². The van der Waals surface area contributed by atoms with Crippen LogP contribution in [-0.4, -0.2) is 25.2 Å². The van der Waals surface area contributed by atoms with Gasteiger partial charge in [0.25, 0.3) is 0 Å². The Labute approximate surface area is 129 Å². The zero-order chi connectivity index (χ0) is 16.1. The molecule has 0 amide bonds. The monoisotopic (exact) mass is 300 g/mol. The summed E-state index contributed by atoms with van der Waals surface area (Å²) in [4.78, 5) is 22.9. The molecular formula is C17H32O4. The van der Waals surface area contributed by atoms with Crippen LogP contribution < -0.4 is 0 Å². The molecule has 0 aliphatic heterocycles. The predicted octanol–water partition coefficient (Wildman–Crippen LogP) is 4.12. The number of hydrogen-bond donors (Lipinski definition) is 0. The minimum Gasteiger partial charge on any atom is -0.466 e. The number of rotatable bonds is 12. The zero-order valence-electron chi connectivity index (χ0n) is 14.2. The molecule has 0 spiro atoms. The van der Waals surface area contributed by atoms with E-state index in [1.54, 1.807) is 0 Å². The van der Waals surface area contributed by atoms with Crippen molar-refractivity contribution in [3.63, 3.8) is 0 Å². The summed E-state index contributed by atoms with van der Waals surface area (Å²) < 4.78 is 10.2. The normalized spacial score (nSPS) is 11.0. The van der Waals surface area contributed by atoms with Gasteiger partial charge in [-0.05, 0) is 43.9 Å². The van der Waals surface area contributed by atoms with E-state index in [9.17, 15) is 9.59 Å². The lowest BCUT2D eigenvalue weighted by Gasteiger charge is -2.07. The second-order valence-corrected chi connectivity index (χ2v) is 6.37. The second-order valence-electron chi connectivity index (χ2n) is 6.37. The fraction of sp³-hybridized carbons (Fsp3) is 0.882. The lowest BCUT2D eigenvalue weighted by Crippen LogP contribution is -2.10. The third-order valence-corrected chi connectivity index (χ3v) is 3.14. The Kier molecular flexibility index (Phi) is 12.0. The Morgan fingerprint density at radius 2 is 1.10 bits per heavy atom. The molecule has 0 saturated heterocycles. The lowest BCUT2D eigenvalue weighted by atomic mass is 10.1. The maximum atomic E-state index is 11.4. The largest absolute Gasteiger partial charge is 0.466 e. The third kappa shape index (κ3) is 15.2. The van der Waals surface area contributed by atoms with Gasteiger partial charge in [-0.2, -0.15) is 0 Å². The van der Waals surface area contributed by atoms with E-state index < -0.39 is 0 Å². The highest BCUT2D eigenvalue weighted by Crippen LogP contribution is 2.06. The Hall–Kier alpha value is -1.06. The number of esters is 2. The van der Waals surface area contributed by atoms with Crippen molar-refractivity contribution in [3.05, 3.63) is 0 Å². The highest BCUT2D eigenvalue weighted by atomic mass is 16.5. The van der Waals surface area contributed by atoms with Crippen LogP contribution >= 0.6 is 0 Å². The molecule has 124 valence electrons. The molecule has 0 bridgehead atoms. The van der Waals surface area contributed by atoms with E-state index in [-0.39, 0.29) is 11.9 Å². The molecule has 0 unspecified atom stereocenters. The van der Waals surface area contributed by atoms with Crippen LogP contribution in [0, 0.1) is 11.8 Å². The SMILES string of the molecule is CC(C)CCCOC(=O)CCCC(=O)OCCCC(C)C. The van der Waals surface area contributed by atoms with E-state index in [0.717, 1.165) is 25.7 Å². The first-order valence-corrected chi connectivity index (χ1v) is 8.23. The summed E-state index contributed by atoms with van der Waals surface area (Å²) in [7, 11) is 0. The molecule has 0 rings (SSSR count). The topological polar surface area (TPSA) is 52.6 Å². The van der Waals surface area contributed by atoms with E-state index in [2.05, 4.69) is 27.7 Å². The summed E-state index contributed by atoms with van der Waals surface area (Å²) in [6, 6.07) is 0. The highest BCUT2D eigenvalue weighted by Gasteiger charge is 2.07. The Morgan fingerprint density at radius 1 is 0.714 bits per heavy atom. The maximum absolute atomic E-state index is 11.4. The molecule has 0 heterocycles. The molecule has 0 aromatic rings. The lowest BCUT2D eigenvalue weighted by molar-refractivity contribution is -0.145. The van der Waals surface area contributed by atoms with Crippen LogP contribution in [0.15, 0.2) is 0 Å². The van der Waals surface area contributed by atoms with Crippen molar-refractivity contribution in [2.75, 3.05) is 13.2 Å². The first-order chi connectivity index (χ1) is 9.91. The molecule has 4 nitrogen and oxygen atoms in total. The van der Waals surface area contributed by atoms with E-state index in [0.29, 0.717) is 44.3 Å². The molecule has 4 heteroatoms. The smallest absolute Gasteiger partial charge is 0.305 e. The molecule has 0 radical (unpaired) electrons. The average Bonchev–Trinajstić information content (AvgIpc) is 2.39. The molecule has 0 fully saturated rings. The van der Waals surface area contributed by atoms with Gasteiger partial charge in [-0.3, -0.25) is 9.59 Å². The number of carbonyl (C=O) groups excluding carboxylic acids is 2. The summed E-state index contributed by atoms with van der Waals surface area (Å²) in [5.74, 6) is 0.834. The van der Waals surface area contributed by atoms with Crippen LogP contribution in [0.3, 0.4) is 0 Å². The molecule has 0 aliphatic carbocycles. The van der Waals surface area contributed by atoms with Gasteiger partial charge >= 0.3 is 11.9 Å². The first-order valence-electron chi connectivity index (χ1n) is 8.23. The van der Waals surface area contributed by atoms with Gasteiger partial charge in [0.15, 0.2) is 0 Å². The first kappa shape index (κ1) is 19.9. The van der Waals surface area contributed by atoms with E-state index in [1.165, 1.54) is 0 Å². The Balaban J connectivity index is 3.43. The van der Waals surface area contributed by atoms with Gasteiger partial charge in [-0.1, -0.05) is 27.7 Å². The quantitative estimate of drug-likeness (QED) is 0.402. The predicted molar refractivity (Wildman–Crippen MR) is 83.9 cm³/mol. The van der Waals surface area contributed by atoms with Crippen molar-refractivity contribution in [2.24, 2.45) is 11.8 Å². The maximum Gasteiger partial charge on any atom is 0.305 e. The Bertz CT molecular complexity index is 257. The van der Waals surface area contributed by atoms with Crippen LogP contribution in [-0.2, 0) is 19.1 Å². The molecular weight excluding hydrogens is 268 g/mol. The minimum atomic E-state index is -0.216. The van der Waals surface area contributed by atoms with E-state index in [1.807, 2.05) is 0 Å². The summed E-state index contributed by atoms with van der Waals surface area (Å²) in [6.45, 7) is 9.56. The molecule has 0 atom stereocenters. The van der Waals surface area contributed by atoms with Gasteiger partial charge in [0, 0.05) is 12.8 Å². The zero-order valence-corrected chi connectivity index (χ0v) is 14.2. The van der Waals surface area contributed by atoms with Gasteiger partial charge in [0.1, 0.15) is 0 Å². The van der Waals surface area contributed by atoms with Gasteiger partial charge < -0.3 is 9.47 Å². The van der Waals surface area contributed by atoms with Crippen LogP contribution in [0.4, 0.5) is 0 Å². The van der Waals surface area contributed by atoms with Crippen molar-refractivity contribution in [1.29, 1.82) is 0 Å². The van der Waals surface area contributed by atoms with Gasteiger partial charge in [0.05, 0.1) is 13.2 Å². The van der Waals surface area contributed by atoms with E-state index >= 15 is 0 Å². The number of hydrogen-bond acceptors (Lipinski definition) is 4. The van der Waals surface area contributed by atoms with Gasteiger partial charge in [0.2, 0.25) is 0 Å². The molecule has 0 aromatic carbocycles. The Morgan fingerprint density at radius 3 is 1.43 bits per heavy atom. The highest BCUT2D eigenvalue weighted by molar-refractivity contribution is 5.72. The standard InChI is InChI=1S/C17H32O4/c1-14(2)8-6-12-20-16(18)10-5-11-17(19)21-13-7-9-15(3)4/h14-15H,5-13H2,1-4H3. The second kappa shape index (κ2) is 12.7. The molecule has 0 aromatic heterocycles. The average molecular weight is 300 g/mol. The van der Waals surface area contributed by atoms with Crippen LogP contribution in [0.5, 0.6) is 0 Å². The molecule has 21 heavy (non-hydrogen) atoms. The van der Waals surface area contributed by atoms with Crippen molar-refractivity contribution < 1.29 is 19.1 Å².